The number of carbonyl (C=O) groups is 1. The Labute approximate surface area is 136 Å². The van der Waals surface area contributed by atoms with Crippen LogP contribution < -0.4 is 10.6 Å². The van der Waals surface area contributed by atoms with Crippen LogP contribution in [0.3, 0.4) is 0 Å². The predicted molar refractivity (Wildman–Crippen MR) is 86.4 cm³/mol. The Morgan fingerprint density at radius 2 is 2.09 bits per heavy atom. The van der Waals surface area contributed by atoms with Crippen LogP contribution >= 0.6 is 11.3 Å². The molecule has 0 unspecified atom stereocenters. The van der Waals surface area contributed by atoms with Gasteiger partial charge in [-0.1, -0.05) is 11.3 Å². The normalized spacial score (nSPS) is 10.5. The lowest BCUT2D eigenvalue weighted by atomic mass is 10.3. The summed E-state index contributed by atoms with van der Waals surface area (Å²) in [6.45, 7) is 2.10. The van der Waals surface area contributed by atoms with E-state index in [4.69, 9.17) is 4.42 Å². The van der Waals surface area contributed by atoms with Crippen LogP contribution in [0, 0.1) is 12.7 Å². The largest absolute Gasteiger partial charge is 0.467 e. The molecule has 2 N–H and O–H groups in total. The quantitative estimate of drug-likeness (QED) is 0.745. The summed E-state index contributed by atoms with van der Waals surface area (Å²) in [5, 5.41) is 6.43. The number of rotatable bonds is 5. The minimum atomic E-state index is -0.302. The number of thiazole rings is 1. The standard InChI is InChI=1S/C16H14FN3O2S/c1-10-14(15(21)18-9-13-3-2-8-22-13)23-16(19-10)20-12-6-4-11(17)5-7-12/h2-8H,9H2,1H3,(H,18,21)(H,19,20). The number of aromatic nitrogens is 1. The summed E-state index contributed by atoms with van der Waals surface area (Å²) in [5.41, 5.74) is 1.35. The van der Waals surface area contributed by atoms with E-state index in [0.29, 0.717) is 33.7 Å². The summed E-state index contributed by atoms with van der Waals surface area (Å²) in [4.78, 5) is 17.1. The molecular weight excluding hydrogens is 317 g/mol. The van der Waals surface area contributed by atoms with Gasteiger partial charge in [0.2, 0.25) is 0 Å². The number of nitrogens with one attached hydrogen (secondary N) is 2. The first-order valence-corrected chi connectivity index (χ1v) is 7.74. The number of benzene rings is 1. The minimum absolute atomic E-state index is 0.205. The number of amides is 1. The van der Waals surface area contributed by atoms with Gasteiger partial charge in [0, 0.05) is 5.69 Å². The van der Waals surface area contributed by atoms with Gasteiger partial charge in [0.05, 0.1) is 18.5 Å². The van der Waals surface area contributed by atoms with Crippen molar-refractivity contribution in [3.8, 4) is 0 Å². The molecule has 0 fully saturated rings. The molecule has 0 aliphatic heterocycles. The summed E-state index contributed by atoms with van der Waals surface area (Å²) in [6.07, 6.45) is 1.56. The molecule has 118 valence electrons. The molecule has 0 spiro atoms. The first kappa shape index (κ1) is 15.2. The van der Waals surface area contributed by atoms with E-state index in [9.17, 15) is 9.18 Å². The fourth-order valence-electron chi connectivity index (χ4n) is 1.98. The first-order valence-electron chi connectivity index (χ1n) is 6.92. The number of halogens is 1. The third-order valence-corrected chi connectivity index (χ3v) is 4.17. The van der Waals surface area contributed by atoms with Gasteiger partial charge in [-0.3, -0.25) is 4.79 Å². The van der Waals surface area contributed by atoms with E-state index in [1.54, 1.807) is 37.5 Å². The van der Waals surface area contributed by atoms with Crippen LogP contribution in [0.5, 0.6) is 0 Å². The predicted octanol–water partition coefficient (Wildman–Crippen LogP) is 3.86. The van der Waals surface area contributed by atoms with Crippen molar-refractivity contribution in [1.82, 2.24) is 10.3 Å². The fourth-order valence-corrected chi connectivity index (χ4v) is 2.88. The molecule has 1 amide bonds. The summed E-state index contributed by atoms with van der Waals surface area (Å²) in [7, 11) is 0. The molecule has 0 aliphatic carbocycles. The Morgan fingerprint density at radius 3 is 2.78 bits per heavy atom. The maximum Gasteiger partial charge on any atom is 0.263 e. The average Bonchev–Trinajstić information content (AvgIpc) is 3.17. The number of carbonyl (C=O) groups excluding carboxylic acids is 1. The molecule has 7 heteroatoms. The lowest BCUT2D eigenvalue weighted by molar-refractivity contribution is 0.0951. The third kappa shape index (κ3) is 3.75. The number of furan rings is 1. The molecule has 23 heavy (non-hydrogen) atoms. The highest BCUT2D eigenvalue weighted by molar-refractivity contribution is 7.17. The fraction of sp³-hybridized carbons (Fsp3) is 0.125. The van der Waals surface area contributed by atoms with E-state index in [0.717, 1.165) is 0 Å². The van der Waals surface area contributed by atoms with Crippen molar-refractivity contribution in [2.24, 2.45) is 0 Å². The monoisotopic (exact) mass is 331 g/mol. The topological polar surface area (TPSA) is 67.2 Å². The molecule has 0 radical (unpaired) electrons. The second-order valence-corrected chi connectivity index (χ2v) is 5.83. The molecule has 2 heterocycles. The average molecular weight is 331 g/mol. The number of hydrogen-bond donors (Lipinski definition) is 2. The van der Waals surface area contributed by atoms with Crippen LogP contribution in [-0.2, 0) is 6.54 Å². The molecule has 0 aliphatic rings. The molecule has 2 aromatic heterocycles. The van der Waals surface area contributed by atoms with Gasteiger partial charge in [0.25, 0.3) is 5.91 Å². The summed E-state index contributed by atoms with van der Waals surface area (Å²) >= 11 is 1.25. The molecule has 5 nitrogen and oxygen atoms in total. The van der Waals surface area contributed by atoms with Crippen LogP contribution in [0.1, 0.15) is 21.1 Å². The zero-order valence-electron chi connectivity index (χ0n) is 12.3. The maximum absolute atomic E-state index is 12.9. The smallest absolute Gasteiger partial charge is 0.263 e. The van der Waals surface area contributed by atoms with Crippen LogP contribution in [0.15, 0.2) is 47.1 Å². The number of anilines is 2. The number of hydrogen-bond acceptors (Lipinski definition) is 5. The van der Waals surface area contributed by atoms with Gasteiger partial charge < -0.3 is 15.1 Å². The van der Waals surface area contributed by atoms with E-state index < -0.39 is 0 Å². The summed E-state index contributed by atoms with van der Waals surface area (Å²) in [6, 6.07) is 9.51. The molecular formula is C16H14FN3O2S. The molecule has 1 aromatic carbocycles. The van der Waals surface area contributed by atoms with Gasteiger partial charge in [-0.25, -0.2) is 9.37 Å². The van der Waals surface area contributed by atoms with Gasteiger partial charge >= 0.3 is 0 Å². The third-order valence-electron chi connectivity index (χ3n) is 3.10. The van der Waals surface area contributed by atoms with E-state index >= 15 is 0 Å². The Kier molecular flexibility index (Phi) is 4.38. The van der Waals surface area contributed by atoms with Crippen molar-refractivity contribution in [2.75, 3.05) is 5.32 Å². The molecule has 0 saturated heterocycles. The second-order valence-electron chi connectivity index (χ2n) is 4.83. The molecule has 3 rings (SSSR count). The lowest BCUT2D eigenvalue weighted by Crippen LogP contribution is -2.22. The van der Waals surface area contributed by atoms with E-state index in [2.05, 4.69) is 15.6 Å². The van der Waals surface area contributed by atoms with Crippen molar-refractivity contribution in [3.63, 3.8) is 0 Å². The zero-order chi connectivity index (χ0) is 16.2. The molecule has 0 atom stereocenters. The van der Waals surface area contributed by atoms with Gasteiger partial charge in [-0.2, -0.15) is 0 Å². The summed E-state index contributed by atoms with van der Waals surface area (Å²) < 4.78 is 18.1. The van der Waals surface area contributed by atoms with Crippen LogP contribution in [0.25, 0.3) is 0 Å². The number of aryl methyl sites for hydroxylation is 1. The van der Waals surface area contributed by atoms with E-state index in [-0.39, 0.29) is 11.7 Å². The highest BCUT2D eigenvalue weighted by atomic mass is 32.1. The van der Waals surface area contributed by atoms with Gasteiger partial charge in [0.1, 0.15) is 16.5 Å². The van der Waals surface area contributed by atoms with Gasteiger partial charge in [-0.15, -0.1) is 0 Å². The Morgan fingerprint density at radius 1 is 1.30 bits per heavy atom. The SMILES string of the molecule is Cc1nc(Nc2ccc(F)cc2)sc1C(=O)NCc1ccco1. The summed E-state index contributed by atoms with van der Waals surface area (Å²) in [5.74, 6) is 0.178. The molecule has 0 saturated carbocycles. The van der Waals surface area contributed by atoms with Crippen molar-refractivity contribution in [1.29, 1.82) is 0 Å². The van der Waals surface area contributed by atoms with E-state index in [1.165, 1.54) is 23.5 Å². The first-order chi connectivity index (χ1) is 11.1. The highest BCUT2D eigenvalue weighted by Crippen LogP contribution is 2.25. The minimum Gasteiger partial charge on any atom is -0.467 e. The van der Waals surface area contributed by atoms with Crippen LogP contribution in [-0.4, -0.2) is 10.9 Å². The zero-order valence-corrected chi connectivity index (χ0v) is 13.1. The van der Waals surface area contributed by atoms with E-state index in [1.807, 2.05) is 0 Å². The Balaban J connectivity index is 1.67. The molecule has 0 bridgehead atoms. The Bertz CT molecular complexity index is 797. The second kappa shape index (κ2) is 6.62. The molecule has 3 aromatic rings. The van der Waals surface area contributed by atoms with Crippen molar-refractivity contribution in [3.05, 3.63) is 64.8 Å². The van der Waals surface area contributed by atoms with Gasteiger partial charge in [-0.05, 0) is 43.3 Å². The lowest BCUT2D eigenvalue weighted by Gasteiger charge is -2.02. The van der Waals surface area contributed by atoms with Crippen molar-refractivity contribution >= 4 is 28.1 Å². The highest BCUT2D eigenvalue weighted by Gasteiger charge is 2.15. The van der Waals surface area contributed by atoms with Crippen molar-refractivity contribution < 1.29 is 13.6 Å². The number of nitrogens with zero attached hydrogens (tertiary/aromatic N) is 1. The Hall–Kier alpha value is -2.67. The van der Waals surface area contributed by atoms with Crippen molar-refractivity contribution in [2.45, 2.75) is 13.5 Å². The van der Waals surface area contributed by atoms with Crippen LogP contribution in [0.2, 0.25) is 0 Å². The van der Waals surface area contributed by atoms with Crippen LogP contribution in [0.4, 0.5) is 15.2 Å². The van der Waals surface area contributed by atoms with Gasteiger partial charge in [0.15, 0.2) is 5.13 Å². The maximum atomic E-state index is 12.9.